The van der Waals surface area contributed by atoms with Crippen molar-refractivity contribution in [1.29, 1.82) is 0 Å². The molecule has 1 heterocycles. The van der Waals surface area contributed by atoms with Crippen molar-refractivity contribution >= 4 is 10.9 Å². The van der Waals surface area contributed by atoms with Gasteiger partial charge in [-0.2, -0.15) is 0 Å². The van der Waals surface area contributed by atoms with Crippen LogP contribution in [0, 0.1) is 0 Å². The SMILES string of the molecule is CC(C)c1c[nH]c2ccc(C(C)(C)C)cc12. The van der Waals surface area contributed by atoms with Crippen molar-refractivity contribution in [1.82, 2.24) is 4.98 Å². The maximum atomic E-state index is 3.35. The fourth-order valence-corrected chi connectivity index (χ4v) is 2.09. The third-order valence-electron chi connectivity index (χ3n) is 3.20. The standard InChI is InChI=1S/C15H21N/c1-10(2)13-9-16-14-7-6-11(8-12(13)14)15(3,4)5/h6-10,16H,1-5H3. The number of rotatable bonds is 1. The van der Waals surface area contributed by atoms with Gasteiger partial charge in [0.1, 0.15) is 0 Å². The van der Waals surface area contributed by atoms with E-state index in [-0.39, 0.29) is 5.41 Å². The van der Waals surface area contributed by atoms with Gasteiger partial charge in [-0.05, 0) is 34.6 Å². The number of H-pyrrole nitrogens is 1. The molecule has 1 nitrogen and oxygen atoms in total. The van der Waals surface area contributed by atoms with Crippen LogP contribution < -0.4 is 0 Å². The van der Waals surface area contributed by atoms with Crippen LogP contribution in [0.15, 0.2) is 24.4 Å². The lowest BCUT2D eigenvalue weighted by atomic mass is 9.86. The maximum Gasteiger partial charge on any atom is 0.0457 e. The van der Waals surface area contributed by atoms with E-state index in [0.717, 1.165) is 0 Å². The van der Waals surface area contributed by atoms with E-state index < -0.39 is 0 Å². The van der Waals surface area contributed by atoms with Crippen molar-refractivity contribution in [2.24, 2.45) is 0 Å². The normalized spacial score (nSPS) is 12.6. The van der Waals surface area contributed by atoms with E-state index in [4.69, 9.17) is 0 Å². The Morgan fingerprint density at radius 3 is 2.38 bits per heavy atom. The number of fused-ring (bicyclic) bond motifs is 1. The van der Waals surface area contributed by atoms with Gasteiger partial charge in [0.05, 0.1) is 0 Å². The minimum absolute atomic E-state index is 0.222. The Morgan fingerprint density at radius 2 is 1.81 bits per heavy atom. The second-order valence-electron chi connectivity index (χ2n) is 5.91. The zero-order valence-electron chi connectivity index (χ0n) is 10.9. The maximum absolute atomic E-state index is 3.35. The Bertz CT molecular complexity index is 498. The summed E-state index contributed by atoms with van der Waals surface area (Å²) in [5.41, 5.74) is 4.29. The minimum atomic E-state index is 0.222. The first-order valence-electron chi connectivity index (χ1n) is 6.01. The third kappa shape index (κ3) is 1.87. The van der Waals surface area contributed by atoms with E-state index in [2.05, 4.69) is 64.0 Å². The molecule has 0 aliphatic rings. The summed E-state index contributed by atoms with van der Waals surface area (Å²) in [5.74, 6) is 0.573. The number of benzene rings is 1. The first-order chi connectivity index (χ1) is 7.39. The zero-order chi connectivity index (χ0) is 11.9. The second kappa shape index (κ2) is 3.65. The van der Waals surface area contributed by atoms with E-state index in [1.165, 1.54) is 22.0 Å². The largest absolute Gasteiger partial charge is 0.361 e. The molecule has 0 amide bonds. The van der Waals surface area contributed by atoms with Crippen LogP contribution in [0.2, 0.25) is 0 Å². The van der Waals surface area contributed by atoms with Crippen LogP contribution in [0.5, 0.6) is 0 Å². The van der Waals surface area contributed by atoms with Gasteiger partial charge in [0.2, 0.25) is 0 Å². The highest BCUT2D eigenvalue weighted by Gasteiger charge is 2.15. The van der Waals surface area contributed by atoms with E-state index in [9.17, 15) is 0 Å². The summed E-state index contributed by atoms with van der Waals surface area (Å²) in [6.45, 7) is 11.3. The van der Waals surface area contributed by atoms with Crippen LogP contribution in [0.25, 0.3) is 10.9 Å². The number of aromatic nitrogens is 1. The van der Waals surface area contributed by atoms with Gasteiger partial charge in [0.25, 0.3) is 0 Å². The molecule has 0 saturated carbocycles. The molecular weight excluding hydrogens is 194 g/mol. The van der Waals surface area contributed by atoms with E-state index in [1.54, 1.807) is 0 Å². The minimum Gasteiger partial charge on any atom is -0.361 e. The van der Waals surface area contributed by atoms with Gasteiger partial charge in [-0.15, -0.1) is 0 Å². The van der Waals surface area contributed by atoms with Crippen molar-refractivity contribution in [2.75, 3.05) is 0 Å². The molecule has 1 N–H and O–H groups in total. The molecule has 2 rings (SSSR count). The van der Waals surface area contributed by atoms with Crippen molar-refractivity contribution in [3.8, 4) is 0 Å². The molecule has 0 aliphatic carbocycles. The molecule has 0 saturated heterocycles. The van der Waals surface area contributed by atoms with Crippen LogP contribution in [-0.2, 0) is 5.41 Å². The molecule has 0 fully saturated rings. The number of aromatic amines is 1. The summed E-state index contributed by atoms with van der Waals surface area (Å²) in [5, 5.41) is 1.38. The van der Waals surface area contributed by atoms with Crippen molar-refractivity contribution < 1.29 is 0 Å². The number of hydrogen-bond acceptors (Lipinski definition) is 0. The average molecular weight is 215 g/mol. The van der Waals surface area contributed by atoms with Gasteiger partial charge in [-0.3, -0.25) is 0 Å². The lowest BCUT2D eigenvalue weighted by Gasteiger charge is -2.19. The molecule has 0 bridgehead atoms. The topological polar surface area (TPSA) is 15.8 Å². The predicted molar refractivity (Wildman–Crippen MR) is 71.1 cm³/mol. The summed E-state index contributed by atoms with van der Waals surface area (Å²) < 4.78 is 0. The summed E-state index contributed by atoms with van der Waals surface area (Å²) in [6.07, 6.45) is 2.14. The molecule has 0 radical (unpaired) electrons. The van der Waals surface area contributed by atoms with E-state index in [0.29, 0.717) is 5.92 Å². The highest BCUT2D eigenvalue weighted by molar-refractivity contribution is 5.84. The summed E-state index contributed by atoms with van der Waals surface area (Å²) in [6, 6.07) is 6.76. The third-order valence-corrected chi connectivity index (χ3v) is 3.20. The van der Waals surface area contributed by atoms with Crippen LogP contribution in [-0.4, -0.2) is 4.98 Å². The monoisotopic (exact) mass is 215 g/mol. The summed E-state index contributed by atoms with van der Waals surface area (Å²) in [7, 11) is 0. The highest BCUT2D eigenvalue weighted by Crippen LogP contribution is 2.30. The quantitative estimate of drug-likeness (QED) is 0.716. The van der Waals surface area contributed by atoms with Gasteiger partial charge in [-0.1, -0.05) is 40.7 Å². The summed E-state index contributed by atoms with van der Waals surface area (Å²) in [4.78, 5) is 3.35. The predicted octanol–water partition coefficient (Wildman–Crippen LogP) is 4.59. The fourth-order valence-electron chi connectivity index (χ4n) is 2.09. The first-order valence-corrected chi connectivity index (χ1v) is 6.01. The number of nitrogens with one attached hydrogen (secondary N) is 1. The highest BCUT2D eigenvalue weighted by atomic mass is 14.7. The van der Waals surface area contributed by atoms with Crippen molar-refractivity contribution in [3.05, 3.63) is 35.5 Å². The molecule has 0 unspecified atom stereocenters. The van der Waals surface area contributed by atoms with E-state index >= 15 is 0 Å². The fraction of sp³-hybridized carbons (Fsp3) is 0.467. The molecule has 2 aromatic rings. The molecule has 0 aliphatic heterocycles. The molecule has 1 heteroatoms. The van der Waals surface area contributed by atoms with Crippen LogP contribution >= 0.6 is 0 Å². The smallest absolute Gasteiger partial charge is 0.0457 e. The first kappa shape index (κ1) is 11.3. The number of hydrogen-bond donors (Lipinski definition) is 1. The van der Waals surface area contributed by atoms with Gasteiger partial charge in [0.15, 0.2) is 0 Å². The lowest BCUT2D eigenvalue weighted by Crippen LogP contribution is -2.10. The molecule has 86 valence electrons. The van der Waals surface area contributed by atoms with Crippen LogP contribution in [0.3, 0.4) is 0 Å². The van der Waals surface area contributed by atoms with Crippen LogP contribution in [0.4, 0.5) is 0 Å². The molecule has 1 aromatic carbocycles. The molecular formula is C15H21N. The van der Waals surface area contributed by atoms with Crippen molar-refractivity contribution in [3.63, 3.8) is 0 Å². The Kier molecular flexibility index (Phi) is 2.57. The second-order valence-corrected chi connectivity index (χ2v) is 5.91. The molecule has 1 aromatic heterocycles. The Balaban J connectivity index is 2.63. The van der Waals surface area contributed by atoms with Gasteiger partial charge in [0, 0.05) is 17.1 Å². The van der Waals surface area contributed by atoms with Crippen molar-refractivity contribution in [2.45, 2.75) is 46.0 Å². The van der Waals surface area contributed by atoms with E-state index in [1.807, 2.05) is 0 Å². The van der Waals surface area contributed by atoms with Gasteiger partial charge >= 0.3 is 0 Å². The Hall–Kier alpha value is -1.24. The Morgan fingerprint density at radius 1 is 1.12 bits per heavy atom. The van der Waals surface area contributed by atoms with Gasteiger partial charge < -0.3 is 4.98 Å². The zero-order valence-corrected chi connectivity index (χ0v) is 10.9. The average Bonchev–Trinajstić information content (AvgIpc) is 2.58. The summed E-state index contributed by atoms with van der Waals surface area (Å²) >= 11 is 0. The lowest BCUT2D eigenvalue weighted by molar-refractivity contribution is 0.591. The molecule has 0 atom stereocenters. The van der Waals surface area contributed by atoms with Gasteiger partial charge in [-0.25, -0.2) is 0 Å². The molecule has 0 spiro atoms. The molecule has 16 heavy (non-hydrogen) atoms. The Labute approximate surface area is 97.9 Å². The van der Waals surface area contributed by atoms with Crippen LogP contribution in [0.1, 0.15) is 51.7 Å².